The van der Waals surface area contributed by atoms with E-state index in [0.29, 0.717) is 0 Å². The topological polar surface area (TPSA) is 69.2 Å². The number of ketones is 1. The van der Waals surface area contributed by atoms with Gasteiger partial charge in [0.15, 0.2) is 5.78 Å². The lowest BCUT2D eigenvalue weighted by molar-refractivity contribution is -0.250. The predicted octanol–water partition coefficient (Wildman–Crippen LogP) is -1.33. The van der Waals surface area contributed by atoms with Crippen molar-refractivity contribution in [3.05, 3.63) is 12.7 Å². The second-order valence-electron chi connectivity index (χ2n) is 1.31. The molecule has 0 aliphatic carbocycles. The molecule has 0 aromatic heterocycles. The van der Waals surface area contributed by atoms with E-state index in [2.05, 4.69) is 6.58 Å². The molecular weight excluding hydrogens is 122 g/mol. The Morgan fingerprint density at radius 2 is 2.22 bits per heavy atom. The number of carbonyl (C=O) groups is 2. The SMILES string of the molecule is C=CC(=O)CNC(=O)[O-]. The van der Waals surface area contributed by atoms with E-state index < -0.39 is 6.09 Å². The minimum Gasteiger partial charge on any atom is -0.530 e. The van der Waals surface area contributed by atoms with Crippen LogP contribution in [0.25, 0.3) is 0 Å². The molecule has 0 unspecified atom stereocenters. The average Bonchev–Trinajstić information content (AvgIpc) is 1.83. The van der Waals surface area contributed by atoms with Crippen LogP contribution in [0, 0.1) is 0 Å². The van der Waals surface area contributed by atoms with Crippen LogP contribution in [0.3, 0.4) is 0 Å². The summed E-state index contributed by atoms with van der Waals surface area (Å²) in [5, 5.41) is 11.4. The third-order valence-electron chi connectivity index (χ3n) is 0.635. The maximum Gasteiger partial charge on any atom is 0.174 e. The van der Waals surface area contributed by atoms with Crippen LogP contribution < -0.4 is 10.4 Å². The van der Waals surface area contributed by atoms with Gasteiger partial charge >= 0.3 is 0 Å². The van der Waals surface area contributed by atoms with Crippen LogP contribution in [0.15, 0.2) is 12.7 Å². The van der Waals surface area contributed by atoms with Crippen LogP contribution >= 0.6 is 0 Å². The minimum atomic E-state index is -1.45. The van der Waals surface area contributed by atoms with Crippen molar-refractivity contribution in [3.63, 3.8) is 0 Å². The standard InChI is InChI=1S/C5H7NO3/c1-2-4(7)3-6-5(8)9/h2,6H,1,3H2,(H,8,9)/p-1. The number of amides is 1. The van der Waals surface area contributed by atoms with E-state index in [1.165, 1.54) is 0 Å². The summed E-state index contributed by atoms with van der Waals surface area (Å²) >= 11 is 0. The Labute approximate surface area is 52.2 Å². The van der Waals surface area contributed by atoms with Gasteiger partial charge in [0.2, 0.25) is 0 Å². The highest BCUT2D eigenvalue weighted by Crippen LogP contribution is 1.67. The Morgan fingerprint density at radius 1 is 1.67 bits per heavy atom. The van der Waals surface area contributed by atoms with Gasteiger partial charge in [0.1, 0.15) is 6.09 Å². The number of carboxylic acid groups (broad SMARTS) is 1. The predicted molar refractivity (Wildman–Crippen MR) is 28.6 cm³/mol. The zero-order valence-corrected chi connectivity index (χ0v) is 4.72. The fourth-order valence-electron chi connectivity index (χ4n) is 0.231. The second kappa shape index (κ2) is 3.65. The smallest absolute Gasteiger partial charge is 0.174 e. The summed E-state index contributed by atoms with van der Waals surface area (Å²) in [6.07, 6.45) is -0.416. The van der Waals surface area contributed by atoms with Crippen LogP contribution in [0.4, 0.5) is 4.79 Å². The lowest BCUT2D eigenvalue weighted by atomic mass is 10.4. The summed E-state index contributed by atoms with van der Waals surface area (Å²) in [6, 6.07) is 0. The highest BCUT2D eigenvalue weighted by Gasteiger charge is 1.91. The van der Waals surface area contributed by atoms with Gasteiger partial charge in [-0.2, -0.15) is 0 Å². The first kappa shape index (κ1) is 7.68. The molecule has 1 N–H and O–H groups in total. The highest BCUT2D eigenvalue weighted by atomic mass is 16.4. The van der Waals surface area contributed by atoms with E-state index in [4.69, 9.17) is 0 Å². The van der Waals surface area contributed by atoms with E-state index in [9.17, 15) is 14.7 Å². The third kappa shape index (κ3) is 4.53. The van der Waals surface area contributed by atoms with Gasteiger partial charge in [0.25, 0.3) is 0 Å². The quantitative estimate of drug-likeness (QED) is 0.479. The highest BCUT2D eigenvalue weighted by molar-refractivity contribution is 5.92. The van der Waals surface area contributed by atoms with E-state index in [0.717, 1.165) is 6.08 Å². The number of rotatable bonds is 3. The lowest BCUT2D eigenvalue weighted by Gasteiger charge is -2.01. The molecule has 9 heavy (non-hydrogen) atoms. The summed E-state index contributed by atoms with van der Waals surface area (Å²) in [4.78, 5) is 19.9. The first-order valence-electron chi connectivity index (χ1n) is 2.27. The molecule has 0 atom stereocenters. The van der Waals surface area contributed by atoms with E-state index in [1.54, 1.807) is 5.32 Å². The Bertz CT molecular complexity index is 141. The van der Waals surface area contributed by atoms with Gasteiger partial charge < -0.3 is 15.2 Å². The van der Waals surface area contributed by atoms with Crippen molar-refractivity contribution in [1.82, 2.24) is 5.32 Å². The first-order valence-corrected chi connectivity index (χ1v) is 2.27. The molecule has 0 heterocycles. The van der Waals surface area contributed by atoms with Gasteiger partial charge in [-0.05, 0) is 6.08 Å². The molecular formula is C5H6NO3-. The maximum atomic E-state index is 10.2. The van der Waals surface area contributed by atoms with Crippen molar-refractivity contribution in [2.75, 3.05) is 6.54 Å². The van der Waals surface area contributed by atoms with Crippen LogP contribution in [0.2, 0.25) is 0 Å². The van der Waals surface area contributed by atoms with Gasteiger partial charge in [-0.3, -0.25) is 4.79 Å². The zero-order valence-electron chi connectivity index (χ0n) is 4.72. The fourth-order valence-corrected chi connectivity index (χ4v) is 0.231. The Hall–Kier alpha value is -1.32. The molecule has 1 amide bonds. The van der Waals surface area contributed by atoms with Gasteiger partial charge in [0.05, 0.1) is 6.54 Å². The van der Waals surface area contributed by atoms with Crippen LogP contribution in [-0.4, -0.2) is 18.4 Å². The van der Waals surface area contributed by atoms with Crippen LogP contribution in [0.5, 0.6) is 0 Å². The molecule has 0 aromatic carbocycles. The summed E-state index contributed by atoms with van der Waals surface area (Å²) in [5.74, 6) is -0.376. The normalized spacial score (nSPS) is 8.00. The number of nitrogens with one attached hydrogen (secondary N) is 1. The third-order valence-corrected chi connectivity index (χ3v) is 0.635. The summed E-state index contributed by atoms with van der Waals surface area (Å²) in [7, 11) is 0. The summed E-state index contributed by atoms with van der Waals surface area (Å²) in [6.45, 7) is 2.88. The van der Waals surface area contributed by atoms with Crippen molar-refractivity contribution >= 4 is 11.9 Å². The van der Waals surface area contributed by atoms with Crippen molar-refractivity contribution < 1.29 is 14.7 Å². The van der Waals surface area contributed by atoms with Gasteiger partial charge in [-0.1, -0.05) is 6.58 Å². The maximum absolute atomic E-state index is 10.2. The number of hydrogen-bond donors (Lipinski definition) is 1. The zero-order chi connectivity index (χ0) is 7.28. The van der Waals surface area contributed by atoms with Gasteiger partial charge in [-0.15, -0.1) is 0 Å². The summed E-state index contributed by atoms with van der Waals surface area (Å²) in [5.41, 5.74) is 0. The molecule has 0 aliphatic rings. The van der Waals surface area contributed by atoms with Crippen molar-refractivity contribution in [3.8, 4) is 0 Å². The molecule has 50 valence electrons. The van der Waals surface area contributed by atoms with Crippen molar-refractivity contribution in [2.24, 2.45) is 0 Å². The van der Waals surface area contributed by atoms with Crippen LogP contribution in [0.1, 0.15) is 0 Å². The number of carbonyl (C=O) groups excluding carboxylic acids is 2. The largest absolute Gasteiger partial charge is 0.530 e. The molecule has 0 rings (SSSR count). The average molecular weight is 128 g/mol. The molecule has 0 saturated carbocycles. The monoisotopic (exact) mass is 128 g/mol. The number of hydrogen-bond acceptors (Lipinski definition) is 3. The molecule has 4 heteroatoms. The van der Waals surface area contributed by atoms with E-state index in [1.807, 2.05) is 0 Å². The lowest BCUT2D eigenvalue weighted by Crippen LogP contribution is -2.39. The Morgan fingerprint density at radius 3 is 2.56 bits per heavy atom. The molecule has 0 fully saturated rings. The van der Waals surface area contributed by atoms with E-state index >= 15 is 0 Å². The van der Waals surface area contributed by atoms with Gasteiger partial charge in [0, 0.05) is 0 Å². The molecule has 0 saturated heterocycles. The minimum absolute atomic E-state index is 0.258. The van der Waals surface area contributed by atoms with Crippen LogP contribution in [-0.2, 0) is 4.79 Å². The Balaban J connectivity index is 3.39. The fraction of sp³-hybridized carbons (Fsp3) is 0.200. The first-order chi connectivity index (χ1) is 4.16. The molecule has 4 nitrogen and oxygen atoms in total. The van der Waals surface area contributed by atoms with Gasteiger partial charge in [-0.25, -0.2) is 0 Å². The van der Waals surface area contributed by atoms with Crippen molar-refractivity contribution in [1.29, 1.82) is 0 Å². The molecule has 0 aromatic rings. The Kier molecular flexibility index (Phi) is 3.12. The molecule has 0 aliphatic heterocycles. The second-order valence-corrected chi connectivity index (χ2v) is 1.31. The van der Waals surface area contributed by atoms with E-state index in [-0.39, 0.29) is 12.3 Å². The summed E-state index contributed by atoms with van der Waals surface area (Å²) < 4.78 is 0. The molecule has 0 bridgehead atoms. The van der Waals surface area contributed by atoms with Crippen molar-refractivity contribution in [2.45, 2.75) is 0 Å². The molecule has 0 radical (unpaired) electrons. The molecule has 0 spiro atoms.